The fraction of sp³-hybridized carbons (Fsp3) is 0.300. The number of hydrogen-bond acceptors (Lipinski definition) is 1. The van der Waals surface area contributed by atoms with Crippen LogP contribution in [0.5, 0.6) is 0 Å². The highest BCUT2D eigenvalue weighted by atomic mass is 16.5. The number of hydrogen-bond donors (Lipinski definition) is 0. The SMILES string of the molecule is C/C=[N+](\[O-])[C@@H](C)c1ccccc1. The molecule has 1 atom stereocenters. The van der Waals surface area contributed by atoms with Crippen LogP contribution in [0.3, 0.4) is 0 Å². The van der Waals surface area contributed by atoms with Crippen LogP contribution in [0.1, 0.15) is 25.5 Å². The van der Waals surface area contributed by atoms with E-state index in [1.165, 1.54) is 6.21 Å². The maximum absolute atomic E-state index is 11.2. The quantitative estimate of drug-likeness (QED) is 0.284. The lowest BCUT2D eigenvalue weighted by molar-refractivity contribution is -0.499. The molecule has 0 N–H and O–H groups in total. The van der Waals surface area contributed by atoms with E-state index in [0.29, 0.717) is 0 Å². The number of rotatable bonds is 2. The Bertz CT molecular complexity index is 266. The van der Waals surface area contributed by atoms with Crippen molar-refractivity contribution in [1.82, 2.24) is 0 Å². The molecular formula is C10H13NO. The van der Waals surface area contributed by atoms with Gasteiger partial charge in [-0.1, -0.05) is 30.3 Å². The van der Waals surface area contributed by atoms with Gasteiger partial charge in [0.25, 0.3) is 0 Å². The number of nitrogens with zero attached hydrogens (tertiary/aromatic N) is 1. The maximum Gasteiger partial charge on any atom is 0.185 e. The number of benzene rings is 1. The fourth-order valence-electron chi connectivity index (χ4n) is 1.10. The second-order valence-corrected chi connectivity index (χ2v) is 2.70. The molecule has 0 saturated carbocycles. The van der Waals surface area contributed by atoms with Crippen LogP contribution in [0.15, 0.2) is 30.3 Å². The standard InChI is InChI=1S/C10H13NO/c1-3-11(12)9(2)10-7-5-4-6-8-10/h3-9H,1-2H3/b11-3-/t9-/m0/s1. The third-order valence-electron chi connectivity index (χ3n) is 1.92. The van der Waals surface area contributed by atoms with E-state index in [1.807, 2.05) is 37.3 Å². The first-order chi connectivity index (χ1) is 5.75. The van der Waals surface area contributed by atoms with Gasteiger partial charge >= 0.3 is 0 Å². The van der Waals surface area contributed by atoms with Crippen LogP contribution in [-0.2, 0) is 0 Å². The maximum atomic E-state index is 11.2. The van der Waals surface area contributed by atoms with Crippen LogP contribution in [0.2, 0.25) is 0 Å². The zero-order valence-electron chi connectivity index (χ0n) is 7.40. The summed E-state index contributed by atoms with van der Waals surface area (Å²) in [6, 6.07) is 9.65. The molecule has 1 aromatic rings. The van der Waals surface area contributed by atoms with Gasteiger partial charge in [-0.25, -0.2) is 4.74 Å². The first-order valence-corrected chi connectivity index (χ1v) is 4.05. The minimum atomic E-state index is -0.0869. The minimum Gasteiger partial charge on any atom is -0.624 e. The molecule has 0 spiro atoms. The summed E-state index contributed by atoms with van der Waals surface area (Å²) in [5.41, 5.74) is 1.05. The average Bonchev–Trinajstić information content (AvgIpc) is 2.17. The molecule has 0 aliphatic heterocycles. The average molecular weight is 163 g/mol. The summed E-state index contributed by atoms with van der Waals surface area (Å²) in [6.45, 7) is 3.63. The van der Waals surface area contributed by atoms with E-state index in [0.717, 1.165) is 10.3 Å². The van der Waals surface area contributed by atoms with Gasteiger partial charge in [-0.05, 0) is 0 Å². The first-order valence-electron chi connectivity index (χ1n) is 4.05. The van der Waals surface area contributed by atoms with Crippen molar-refractivity contribution in [3.05, 3.63) is 41.1 Å². The van der Waals surface area contributed by atoms with Crippen LogP contribution in [0.4, 0.5) is 0 Å². The van der Waals surface area contributed by atoms with Crippen molar-refractivity contribution in [2.24, 2.45) is 0 Å². The van der Waals surface area contributed by atoms with Gasteiger partial charge in [0.1, 0.15) is 6.21 Å². The van der Waals surface area contributed by atoms with Gasteiger partial charge < -0.3 is 5.21 Å². The van der Waals surface area contributed by atoms with Crippen LogP contribution < -0.4 is 0 Å². The molecule has 12 heavy (non-hydrogen) atoms. The van der Waals surface area contributed by atoms with E-state index >= 15 is 0 Å². The molecule has 2 heteroatoms. The molecule has 0 unspecified atom stereocenters. The molecule has 0 saturated heterocycles. The minimum absolute atomic E-state index is 0.0869. The summed E-state index contributed by atoms with van der Waals surface area (Å²) in [7, 11) is 0. The molecule has 2 nitrogen and oxygen atoms in total. The summed E-state index contributed by atoms with van der Waals surface area (Å²) in [5, 5.41) is 11.2. The van der Waals surface area contributed by atoms with Gasteiger partial charge in [0.05, 0.1) is 0 Å². The summed E-state index contributed by atoms with van der Waals surface area (Å²) < 4.78 is 0.954. The highest BCUT2D eigenvalue weighted by molar-refractivity contribution is 5.47. The fourth-order valence-corrected chi connectivity index (χ4v) is 1.10. The molecule has 0 fully saturated rings. The lowest BCUT2D eigenvalue weighted by Gasteiger charge is -2.11. The van der Waals surface area contributed by atoms with Gasteiger partial charge in [-0.2, -0.15) is 0 Å². The topological polar surface area (TPSA) is 26.1 Å². The third-order valence-corrected chi connectivity index (χ3v) is 1.92. The summed E-state index contributed by atoms with van der Waals surface area (Å²) in [5.74, 6) is 0. The summed E-state index contributed by atoms with van der Waals surface area (Å²) in [4.78, 5) is 0. The Morgan fingerprint density at radius 1 is 1.33 bits per heavy atom. The first kappa shape index (κ1) is 8.78. The molecule has 0 aliphatic carbocycles. The Hall–Kier alpha value is -1.31. The molecule has 1 aromatic carbocycles. The van der Waals surface area contributed by atoms with E-state index in [-0.39, 0.29) is 6.04 Å². The van der Waals surface area contributed by atoms with Crippen molar-refractivity contribution in [1.29, 1.82) is 0 Å². The molecule has 0 aliphatic rings. The van der Waals surface area contributed by atoms with Gasteiger partial charge in [0, 0.05) is 19.4 Å². The Kier molecular flexibility index (Phi) is 2.86. The van der Waals surface area contributed by atoms with Gasteiger partial charge in [-0.3, -0.25) is 0 Å². The van der Waals surface area contributed by atoms with Gasteiger partial charge in [-0.15, -0.1) is 0 Å². The molecular weight excluding hydrogens is 150 g/mol. The lowest BCUT2D eigenvalue weighted by Crippen LogP contribution is -2.09. The lowest BCUT2D eigenvalue weighted by atomic mass is 10.1. The Labute approximate surface area is 72.7 Å². The highest BCUT2D eigenvalue weighted by Crippen LogP contribution is 2.14. The van der Waals surface area contributed by atoms with Crippen LogP contribution in [-0.4, -0.2) is 11.0 Å². The molecule has 0 heterocycles. The van der Waals surface area contributed by atoms with Crippen molar-refractivity contribution >= 4 is 6.21 Å². The van der Waals surface area contributed by atoms with Crippen molar-refractivity contribution in [3.63, 3.8) is 0 Å². The molecule has 64 valence electrons. The Morgan fingerprint density at radius 2 is 1.92 bits per heavy atom. The van der Waals surface area contributed by atoms with Crippen molar-refractivity contribution in [2.45, 2.75) is 19.9 Å². The second kappa shape index (κ2) is 3.90. The van der Waals surface area contributed by atoms with Crippen LogP contribution in [0, 0.1) is 5.21 Å². The smallest absolute Gasteiger partial charge is 0.185 e. The Balaban J connectivity index is 2.86. The summed E-state index contributed by atoms with van der Waals surface area (Å²) in [6.07, 6.45) is 1.54. The molecule has 0 amide bonds. The van der Waals surface area contributed by atoms with E-state index in [9.17, 15) is 5.21 Å². The zero-order chi connectivity index (χ0) is 8.97. The van der Waals surface area contributed by atoms with Crippen LogP contribution in [0.25, 0.3) is 0 Å². The predicted octanol–water partition coefficient (Wildman–Crippen LogP) is 2.35. The zero-order valence-corrected chi connectivity index (χ0v) is 7.40. The van der Waals surface area contributed by atoms with E-state index in [4.69, 9.17) is 0 Å². The van der Waals surface area contributed by atoms with Gasteiger partial charge in [0.15, 0.2) is 6.04 Å². The van der Waals surface area contributed by atoms with Gasteiger partial charge in [0.2, 0.25) is 0 Å². The largest absolute Gasteiger partial charge is 0.624 e. The van der Waals surface area contributed by atoms with Crippen molar-refractivity contribution < 1.29 is 4.74 Å². The molecule has 1 rings (SSSR count). The Morgan fingerprint density at radius 3 is 2.42 bits per heavy atom. The normalized spacial score (nSPS) is 14.3. The predicted molar refractivity (Wildman–Crippen MR) is 50.2 cm³/mol. The van der Waals surface area contributed by atoms with E-state index in [2.05, 4.69) is 0 Å². The summed E-state index contributed by atoms with van der Waals surface area (Å²) >= 11 is 0. The highest BCUT2D eigenvalue weighted by Gasteiger charge is 2.09. The second-order valence-electron chi connectivity index (χ2n) is 2.70. The molecule has 0 radical (unpaired) electrons. The third kappa shape index (κ3) is 1.84. The molecule has 0 bridgehead atoms. The van der Waals surface area contributed by atoms with E-state index in [1.54, 1.807) is 6.92 Å². The van der Waals surface area contributed by atoms with Crippen LogP contribution >= 0.6 is 0 Å². The van der Waals surface area contributed by atoms with Crippen molar-refractivity contribution in [3.8, 4) is 0 Å². The van der Waals surface area contributed by atoms with E-state index < -0.39 is 0 Å². The number of hydroxylamine groups is 1. The monoisotopic (exact) mass is 163 g/mol. The molecule has 0 aromatic heterocycles. The van der Waals surface area contributed by atoms with Crippen molar-refractivity contribution in [2.75, 3.05) is 0 Å².